The Hall–Kier alpha value is -1.31. The lowest BCUT2D eigenvalue weighted by Gasteiger charge is -2.45. The van der Waals surface area contributed by atoms with Crippen molar-refractivity contribution in [3.63, 3.8) is 0 Å². The molecule has 3 N–H and O–H groups in total. The maximum absolute atomic E-state index is 11.5. The minimum atomic E-state index is -3.71. The number of nitrogens with zero attached hydrogens (tertiary/aromatic N) is 1. The Bertz CT molecular complexity index is 624. The van der Waals surface area contributed by atoms with Gasteiger partial charge in [-0.2, -0.15) is 0 Å². The average molecular weight is 311 g/mol. The zero-order valence-electron chi connectivity index (χ0n) is 12.1. The molecule has 0 amide bonds. The smallest absolute Gasteiger partial charge is 0.238 e. The molecular weight excluding hydrogens is 290 g/mol. The van der Waals surface area contributed by atoms with Crippen LogP contribution in [0.25, 0.3) is 0 Å². The van der Waals surface area contributed by atoms with E-state index in [-0.39, 0.29) is 4.90 Å². The minimum Gasteiger partial charge on any atom is -0.495 e. The highest BCUT2D eigenvalue weighted by atomic mass is 32.2. The Labute approximate surface area is 125 Å². The molecule has 0 aliphatic carbocycles. The van der Waals surface area contributed by atoms with Crippen molar-refractivity contribution in [2.24, 2.45) is 11.1 Å². The summed E-state index contributed by atoms with van der Waals surface area (Å²) in [5.74, 6) is 1.27. The summed E-state index contributed by atoms with van der Waals surface area (Å²) in [6.07, 6.45) is 2.38. The topological polar surface area (TPSA) is 84.7 Å². The molecule has 0 spiro atoms. The molecule has 3 fully saturated rings. The molecule has 116 valence electrons. The summed E-state index contributed by atoms with van der Waals surface area (Å²) < 4.78 is 28.3. The molecular formula is C14H21N3O3S. The van der Waals surface area contributed by atoms with Gasteiger partial charge in [-0.25, -0.2) is 13.6 Å². The molecule has 21 heavy (non-hydrogen) atoms. The number of ether oxygens (including phenoxy) is 1. The van der Waals surface area contributed by atoms with Gasteiger partial charge >= 0.3 is 0 Å². The van der Waals surface area contributed by atoms with Crippen LogP contribution in [0.4, 0.5) is 5.69 Å². The van der Waals surface area contributed by atoms with Gasteiger partial charge in [0.15, 0.2) is 0 Å². The second-order valence-corrected chi connectivity index (χ2v) is 7.36. The minimum absolute atomic E-state index is 0.104. The molecule has 3 saturated heterocycles. The van der Waals surface area contributed by atoms with Crippen LogP contribution in [0.2, 0.25) is 0 Å². The molecule has 0 radical (unpaired) electrons. The van der Waals surface area contributed by atoms with E-state index < -0.39 is 10.0 Å². The summed E-state index contributed by atoms with van der Waals surface area (Å²) in [6.45, 7) is 3.32. The Balaban J connectivity index is 1.86. The predicted molar refractivity (Wildman–Crippen MR) is 80.9 cm³/mol. The molecule has 1 atom stereocenters. The average Bonchev–Trinajstić information content (AvgIpc) is 2.47. The van der Waals surface area contributed by atoms with E-state index >= 15 is 0 Å². The van der Waals surface area contributed by atoms with Gasteiger partial charge < -0.3 is 15.0 Å². The fraction of sp³-hybridized carbons (Fsp3) is 0.571. The van der Waals surface area contributed by atoms with Crippen LogP contribution < -0.4 is 15.2 Å². The Morgan fingerprint density at radius 1 is 1.33 bits per heavy atom. The first-order valence-electron chi connectivity index (χ1n) is 7.17. The molecule has 3 aliphatic heterocycles. The molecule has 2 bridgehead atoms. The summed E-state index contributed by atoms with van der Waals surface area (Å²) >= 11 is 0. The SMILES string of the molecule is COc1ccc(S(N)(=O)=O)cc1NC1CN2CCC1CC2. The van der Waals surface area contributed by atoms with Gasteiger partial charge in [0.25, 0.3) is 0 Å². The van der Waals surface area contributed by atoms with Crippen molar-refractivity contribution >= 4 is 15.7 Å². The number of nitrogens with one attached hydrogen (secondary N) is 1. The largest absolute Gasteiger partial charge is 0.495 e. The number of fused-ring (bicyclic) bond motifs is 3. The molecule has 4 rings (SSSR count). The number of nitrogens with two attached hydrogens (primary N) is 1. The first-order valence-corrected chi connectivity index (χ1v) is 8.72. The van der Waals surface area contributed by atoms with Crippen LogP contribution in [0.3, 0.4) is 0 Å². The van der Waals surface area contributed by atoms with Crippen molar-refractivity contribution in [1.82, 2.24) is 4.90 Å². The summed E-state index contributed by atoms with van der Waals surface area (Å²) in [6, 6.07) is 5.00. The number of piperidine rings is 3. The van der Waals surface area contributed by atoms with Gasteiger partial charge in [0.2, 0.25) is 10.0 Å². The summed E-state index contributed by atoms with van der Waals surface area (Å²) in [7, 11) is -2.13. The maximum Gasteiger partial charge on any atom is 0.238 e. The molecule has 7 heteroatoms. The lowest BCUT2D eigenvalue weighted by molar-refractivity contribution is 0.0974. The summed E-state index contributed by atoms with van der Waals surface area (Å²) in [5, 5.41) is 8.66. The van der Waals surface area contributed by atoms with E-state index in [1.807, 2.05) is 0 Å². The van der Waals surface area contributed by atoms with Crippen molar-refractivity contribution in [3.8, 4) is 5.75 Å². The highest BCUT2D eigenvalue weighted by Gasteiger charge is 2.34. The predicted octanol–water partition coefficient (Wildman–Crippen LogP) is 0.849. The van der Waals surface area contributed by atoms with Crippen LogP contribution in [0, 0.1) is 5.92 Å². The molecule has 3 heterocycles. The van der Waals surface area contributed by atoms with E-state index in [1.165, 1.54) is 18.9 Å². The molecule has 1 aromatic carbocycles. The number of hydrogen-bond acceptors (Lipinski definition) is 5. The lowest BCUT2D eigenvalue weighted by atomic mass is 9.84. The zero-order chi connectivity index (χ0) is 15.0. The first-order chi connectivity index (χ1) is 9.97. The van der Waals surface area contributed by atoms with Crippen molar-refractivity contribution in [2.45, 2.75) is 23.8 Å². The third-order valence-corrected chi connectivity index (χ3v) is 5.41. The third kappa shape index (κ3) is 3.00. The normalized spacial score (nSPS) is 28.4. The van der Waals surface area contributed by atoms with Gasteiger partial charge in [-0.05, 0) is 50.0 Å². The van der Waals surface area contributed by atoms with Gasteiger partial charge in [-0.3, -0.25) is 0 Å². The highest BCUT2D eigenvalue weighted by molar-refractivity contribution is 7.89. The van der Waals surface area contributed by atoms with E-state index in [0.29, 0.717) is 23.4 Å². The number of anilines is 1. The van der Waals surface area contributed by atoms with E-state index in [0.717, 1.165) is 19.6 Å². The quantitative estimate of drug-likeness (QED) is 0.861. The van der Waals surface area contributed by atoms with Gasteiger partial charge in [-0.15, -0.1) is 0 Å². The van der Waals surface area contributed by atoms with Gasteiger partial charge in [0.05, 0.1) is 17.7 Å². The number of sulfonamides is 1. The number of rotatable bonds is 4. The standard InChI is InChI=1S/C14H21N3O3S/c1-20-14-3-2-11(21(15,18)19)8-12(14)16-13-9-17-6-4-10(13)5-7-17/h2-3,8,10,13,16H,4-7,9H2,1H3,(H2,15,18,19). The zero-order valence-corrected chi connectivity index (χ0v) is 12.9. The molecule has 1 unspecified atom stereocenters. The maximum atomic E-state index is 11.5. The van der Waals surface area contributed by atoms with Gasteiger partial charge in [0.1, 0.15) is 5.75 Å². The van der Waals surface area contributed by atoms with E-state index in [9.17, 15) is 8.42 Å². The van der Waals surface area contributed by atoms with Gasteiger partial charge in [0, 0.05) is 12.6 Å². The Morgan fingerprint density at radius 3 is 2.57 bits per heavy atom. The number of hydrogen-bond donors (Lipinski definition) is 2. The first kappa shape index (κ1) is 14.6. The fourth-order valence-corrected chi connectivity index (χ4v) is 3.85. The van der Waals surface area contributed by atoms with Crippen LogP contribution in [0.5, 0.6) is 5.75 Å². The lowest BCUT2D eigenvalue weighted by Crippen LogP contribution is -2.53. The fourth-order valence-electron chi connectivity index (χ4n) is 3.31. The molecule has 3 aliphatic rings. The number of primary sulfonamides is 1. The van der Waals surface area contributed by atoms with Crippen LogP contribution in [-0.4, -0.2) is 46.1 Å². The number of methoxy groups -OCH3 is 1. The Kier molecular flexibility index (Phi) is 3.81. The van der Waals surface area contributed by atoms with Gasteiger partial charge in [-0.1, -0.05) is 0 Å². The highest BCUT2D eigenvalue weighted by Crippen LogP contribution is 2.33. The second-order valence-electron chi connectivity index (χ2n) is 5.80. The van der Waals surface area contributed by atoms with Crippen LogP contribution in [-0.2, 0) is 10.0 Å². The van der Waals surface area contributed by atoms with Crippen molar-refractivity contribution in [1.29, 1.82) is 0 Å². The summed E-state index contributed by atoms with van der Waals surface area (Å²) in [5.41, 5.74) is 0.697. The third-order valence-electron chi connectivity index (χ3n) is 4.50. The van der Waals surface area contributed by atoms with Crippen molar-refractivity contribution in [3.05, 3.63) is 18.2 Å². The molecule has 0 aromatic heterocycles. The second kappa shape index (κ2) is 5.47. The van der Waals surface area contributed by atoms with E-state index in [4.69, 9.17) is 9.88 Å². The monoisotopic (exact) mass is 311 g/mol. The van der Waals surface area contributed by atoms with Crippen LogP contribution in [0.1, 0.15) is 12.8 Å². The number of benzene rings is 1. The van der Waals surface area contributed by atoms with Crippen molar-refractivity contribution < 1.29 is 13.2 Å². The van der Waals surface area contributed by atoms with Crippen LogP contribution in [0.15, 0.2) is 23.1 Å². The molecule has 0 saturated carbocycles. The van der Waals surface area contributed by atoms with Crippen molar-refractivity contribution in [2.75, 3.05) is 32.1 Å². The molecule has 6 nitrogen and oxygen atoms in total. The summed E-state index contributed by atoms with van der Waals surface area (Å²) in [4.78, 5) is 2.54. The molecule has 1 aromatic rings. The Morgan fingerprint density at radius 2 is 2.05 bits per heavy atom. The van der Waals surface area contributed by atoms with E-state index in [1.54, 1.807) is 19.2 Å². The van der Waals surface area contributed by atoms with E-state index in [2.05, 4.69) is 10.2 Å². The van der Waals surface area contributed by atoms with Crippen LogP contribution >= 0.6 is 0 Å².